The van der Waals surface area contributed by atoms with Gasteiger partial charge in [-0.3, -0.25) is 9.59 Å². The first kappa shape index (κ1) is 10.3. The van der Waals surface area contributed by atoms with Crippen LogP contribution in [-0.2, 0) is 7.05 Å². The summed E-state index contributed by atoms with van der Waals surface area (Å²) in [6.45, 7) is 3.33. The summed E-state index contributed by atoms with van der Waals surface area (Å²) in [5.41, 5.74) is 11.9. The Hall–Kier alpha value is -1.78. The van der Waals surface area contributed by atoms with Gasteiger partial charge < -0.3 is 16.0 Å². The fraction of sp³-hybridized carbons (Fsp3) is 0.333. The lowest BCUT2D eigenvalue weighted by Crippen LogP contribution is -2.31. The molecule has 0 radical (unpaired) electrons. The number of nitrogens with zero attached hydrogens (tertiary/aromatic N) is 1. The normalized spacial score (nSPS) is 10.2. The van der Waals surface area contributed by atoms with Crippen molar-refractivity contribution in [3.05, 3.63) is 27.2 Å². The van der Waals surface area contributed by atoms with Gasteiger partial charge >= 0.3 is 0 Å². The zero-order valence-corrected chi connectivity index (χ0v) is 8.42. The molecule has 5 heteroatoms. The van der Waals surface area contributed by atoms with Gasteiger partial charge in [-0.25, -0.2) is 0 Å². The lowest BCUT2D eigenvalue weighted by Gasteiger charge is -2.12. The van der Waals surface area contributed by atoms with Crippen LogP contribution >= 0.6 is 0 Å². The maximum Gasteiger partial charge on any atom is 0.263 e. The molecule has 0 aliphatic carbocycles. The van der Waals surface area contributed by atoms with Crippen molar-refractivity contribution in [1.29, 1.82) is 0 Å². The summed E-state index contributed by atoms with van der Waals surface area (Å²) in [7, 11) is 1.56. The van der Waals surface area contributed by atoms with E-state index in [2.05, 4.69) is 0 Å². The Morgan fingerprint density at radius 2 is 1.86 bits per heavy atom. The Morgan fingerprint density at radius 3 is 2.29 bits per heavy atom. The van der Waals surface area contributed by atoms with E-state index < -0.39 is 11.5 Å². The van der Waals surface area contributed by atoms with Crippen molar-refractivity contribution in [2.75, 3.05) is 5.73 Å². The molecule has 0 aromatic carbocycles. The summed E-state index contributed by atoms with van der Waals surface area (Å²) >= 11 is 0. The van der Waals surface area contributed by atoms with E-state index in [1.165, 1.54) is 4.57 Å². The lowest BCUT2D eigenvalue weighted by atomic mass is 10.1. The smallest absolute Gasteiger partial charge is 0.263 e. The van der Waals surface area contributed by atoms with Gasteiger partial charge in [0.05, 0.1) is 5.69 Å². The molecule has 14 heavy (non-hydrogen) atoms. The molecule has 0 fully saturated rings. The number of anilines is 1. The Bertz CT molecular complexity index is 460. The van der Waals surface area contributed by atoms with Gasteiger partial charge in [-0.05, 0) is 19.4 Å². The monoisotopic (exact) mass is 195 g/mol. The predicted molar refractivity (Wildman–Crippen MR) is 54.1 cm³/mol. The van der Waals surface area contributed by atoms with E-state index in [-0.39, 0.29) is 5.56 Å². The van der Waals surface area contributed by atoms with Gasteiger partial charge in [0.1, 0.15) is 5.56 Å². The second-order valence-electron chi connectivity index (χ2n) is 3.23. The quantitative estimate of drug-likeness (QED) is 0.643. The number of hydrogen-bond acceptors (Lipinski definition) is 3. The van der Waals surface area contributed by atoms with Gasteiger partial charge in [-0.15, -0.1) is 0 Å². The maximum absolute atomic E-state index is 11.6. The van der Waals surface area contributed by atoms with E-state index in [0.29, 0.717) is 16.9 Å². The molecule has 1 rings (SSSR count). The van der Waals surface area contributed by atoms with E-state index in [4.69, 9.17) is 11.5 Å². The predicted octanol–water partition coefficient (Wildman–Crippen LogP) is -0.317. The number of hydrogen-bond donors (Lipinski definition) is 2. The molecule has 1 aromatic heterocycles. The van der Waals surface area contributed by atoms with Crippen molar-refractivity contribution in [3.8, 4) is 0 Å². The summed E-state index contributed by atoms with van der Waals surface area (Å²) in [4.78, 5) is 22.6. The van der Waals surface area contributed by atoms with Crippen molar-refractivity contribution in [3.63, 3.8) is 0 Å². The molecule has 0 aliphatic heterocycles. The topological polar surface area (TPSA) is 91.1 Å². The third kappa shape index (κ3) is 1.26. The highest BCUT2D eigenvalue weighted by Crippen LogP contribution is 2.15. The van der Waals surface area contributed by atoms with Crippen LogP contribution in [0.1, 0.15) is 21.6 Å². The highest BCUT2D eigenvalue weighted by Gasteiger charge is 2.16. The molecule has 0 aliphatic rings. The van der Waals surface area contributed by atoms with Gasteiger partial charge in [-0.2, -0.15) is 0 Å². The summed E-state index contributed by atoms with van der Waals surface area (Å²) in [5.74, 6) is -0.741. The standard InChI is InChI=1S/C9H13N3O2/c1-4-6(8(11)13)9(14)12(3)5(2)7(4)10/h10H2,1-3H3,(H2,11,13). The molecular formula is C9H13N3O2. The van der Waals surface area contributed by atoms with Crippen LogP contribution < -0.4 is 17.0 Å². The zero-order valence-electron chi connectivity index (χ0n) is 8.42. The van der Waals surface area contributed by atoms with Gasteiger partial charge in [0.15, 0.2) is 0 Å². The minimum Gasteiger partial charge on any atom is -0.397 e. The van der Waals surface area contributed by atoms with Gasteiger partial charge in [0.25, 0.3) is 11.5 Å². The first-order valence-corrected chi connectivity index (χ1v) is 4.13. The maximum atomic E-state index is 11.6. The molecule has 1 amide bonds. The van der Waals surface area contributed by atoms with Gasteiger partial charge in [0, 0.05) is 12.7 Å². The minimum absolute atomic E-state index is 0.0319. The second-order valence-corrected chi connectivity index (χ2v) is 3.23. The molecule has 0 atom stereocenters. The number of nitrogen functional groups attached to an aromatic ring is 1. The molecule has 5 nitrogen and oxygen atoms in total. The van der Waals surface area contributed by atoms with E-state index in [1.54, 1.807) is 20.9 Å². The number of pyridine rings is 1. The van der Waals surface area contributed by atoms with Gasteiger partial charge in [0.2, 0.25) is 0 Å². The Balaban J connectivity index is 3.78. The SMILES string of the molecule is Cc1c(N)c(C)n(C)c(=O)c1C(N)=O. The molecule has 0 saturated carbocycles. The van der Waals surface area contributed by atoms with E-state index in [0.717, 1.165) is 0 Å². The molecule has 0 unspecified atom stereocenters. The largest absolute Gasteiger partial charge is 0.397 e. The van der Waals surface area contributed by atoms with Crippen LogP contribution in [0.4, 0.5) is 5.69 Å². The third-order valence-corrected chi connectivity index (χ3v) is 2.44. The lowest BCUT2D eigenvalue weighted by molar-refractivity contribution is 0.0998. The zero-order chi connectivity index (χ0) is 11.0. The highest BCUT2D eigenvalue weighted by atomic mass is 16.2. The Labute approximate surface area is 81.3 Å². The third-order valence-electron chi connectivity index (χ3n) is 2.44. The molecule has 4 N–H and O–H groups in total. The number of aromatic nitrogens is 1. The summed E-state index contributed by atoms with van der Waals surface area (Å²) in [5, 5.41) is 0. The van der Waals surface area contributed by atoms with Crippen molar-refractivity contribution in [2.45, 2.75) is 13.8 Å². The average Bonchev–Trinajstić information content (AvgIpc) is 2.11. The summed E-state index contributed by atoms with van der Waals surface area (Å²) in [6, 6.07) is 0. The molecule has 0 spiro atoms. The Kier molecular flexibility index (Phi) is 2.33. The average molecular weight is 195 g/mol. The Morgan fingerprint density at radius 1 is 1.36 bits per heavy atom. The molecule has 1 aromatic rings. The molecule has 0 bridgehead atoms. The minimum atomic E-state index is -0.741. The number of carbonyl (C=O) groups is 1. The van der Waals surface area contributed by atoms with Crippen LogP contribution in [0, 0.1) is 13.8 Å². The molecule has 0 saturated heterocycles. The first-order valence-electron chi connectivity index (χ1n) is 4.13. The molecule has 1 heterocycles. The van der Waals surface area contributed by atoms with E-state index >= 15 is 0 Å². The fourth-order valence-electron chi connectivity index (χ4n) is 1.36. The number of nitrogens with two attached hydrogens (primary N) is 2. The van der Waals surface area contributed by atoms with Crippen LogP contribution in [0.5, 0.6) is 0 Å². The summed E-state index contributed by atoms with van der Waals surface area (Å²) < 4.78 is 1.32. The van der Waals surface area contributed by atoms with Crippen LogP contribution in [-0.4, -0.2) is 10.5 Å². The van der Waals surface area contributed by atoms with Crippen molar-refractivity contribution < 1.29 is 4.79 Å². The summed E-state index contributed by atoms with van der Waals surface area (Å²) in [6.07, 6.45) is 0. The second kappa shape index (κ2) is 3.17. The van der Waals surface area contributed by atoms with Crippen LogP contribution in [0.25, 0.3) is 0 Å². The van der Waals surface area contributed by atoms with E-state index in [1.807, 2.05) is 0 Å². The first-order chi connectivity index (χ1) is 6.37. The fourth-order valence-corrected chi connectivity index (χ4v) is 1.36. The highest BCUT2D eigenvalue weighted by molar-refractivity contribution is 5.95. The van der Waals surface area contributed by atoms with Crippen LogP contribution in [0.2, 0.25) is 0 Å². The van der Waals surface area contributed by atoms with Crippen molar-refractivity contribution >= 4 is 11.6 Å². The van der Waals surface area contributed by atoms with E-state index in [9.17, 15) is 9.59 Å². The van der Waals surface area contributed by atoms with Gasteiger partial charge in [-0.1, -0.05) is 0 Å². The van der Waals surface area contributed by atoms with Crippen LogP contribution in [0.3, 0.4) is 0 Å². The number of primary amides is 1. The number of rotatable bonds is 1. The number of amides is 1. The van der Waals surface area contributed by atoms with Crippen molar-refractivity contribution in [1.82, 2.24) is 4.57 Å². The number of carbonyl (C=O) groups excluding carboxylic acids is 1. The molecular weight excluding hydrogens is 182 g/mol. The van der Waals surface area contributed by atoms with Crippen molar-refractivity contribution in [2.24, 2.45) is 12.8 Å². The van der Waals surface area contributed by atoms with Crippen LogP contribution in [0.15, 0.2) is 4.79 Å². The molecule has 76 valence electrons.